The number of nitrogens with zero attached hydrogens (tertiary/aromatic N) is 1. The van der Waals surface area contributed by atoms with Crippen molar-refractivity contribution >= 4 is 23.6 Å². The van der Waals surface area contributed by atoms with Crippen molar-refractivity contribution in [2.45, 2.75) is 18.3 Å². The van der Waals surface area contributed by atoms with E-state index in [4.69, 9.17) is 5.11 Å². The number of carbonyl (C=O) groups is 2. The van der Waals surface area contributed by atoms with E-state index in [2.05, 4.69) is 5.32 Å². The van der Waals surface area contributed by atoms with E-state index >= 15 is 0 Å². The molecule has 0 aromatic rings. The fraction of sp³-hybridized carbons (Fsp3) is 0.556. The van der Waals surface area contributed by atoms with Gasteiger partial charge in [0.25, 0.3) is 0 Å². The summed E-state index contributed by atoms with van der Waals surface area (Å²) in [6.45, 7) is 1.76. The molecule has 0 saturated carbocycles. The number of carbonyl (C=O) groups excluding carboxylic acids is 1. The summed E-state index contributed by atoms with van der Waals surface area (Å²) >= 11 is 1.60. The molecule has 2 aliphatic heterocycles. The van der Waals surface area contributed by atoms with E-state index in [1.165, 1.54) is 4.90 Å². The molecule has 2 heterocycles. The molecule has 0 aromatic carbocycles. The van der Waals surface area contributed by atoms with E-state index < -0.39 is 5.97 Å². The van der Waals surface area contributed by atoms with Gasteiger partial charge in [0.15, 0.2) is 0 Å². The van der Waals surface area contributed by atoms with Crippen molar-refractivity contribution in [3.8, 4) is 0 Å². The van der Waals surface area contributed by atoms with Gasteiger partial charge in [-0.3, -0.25) is 9.69 Å². The predicted octanol–water partition coefficient (Wildman–Crippen LogP) is -0.152. The molecule has 2 N–H and O–H groups in total. The monoisotopic (exact) mass is 228 g/mol. The quantitative estimate of drug-likeness (QED) is 0.643. The zero-order valence-corrected chi connectivity index (χ0v) is 9.30. The summed E-state index contributed by atoms with van der Waals surface area (Å²) in [7, 11) is 1.71. The molecule has 2 atom stereocenters. The third-order valence-electron chi connectivity index (χ3n) is 2.67. The van der Waals surface area contributed by atoms with Gasteiger partial charge in [0, 0.05) is 5.75 Å². The SMILES string of the molecule is CN[C@H]1C(=O)N2C(C(=O)O)=C(C)CS[C@H]12. The van der Waals surface area contributed by atoms with Gasteiger partial charge in [0.1, 0.15) is 17.1 Å². The first-order valence-electron chi connectivity index (χ1n) is 4.63. The standard InChI is InChI=1S/C9H12N2O3S/c1-4-3-15-8-5(10-2)7(12)11(8)6(4)9(13)14/h5,8,10H,3H2,1-2H3,(H,13,14)/t5-,8+/m0/s1. The number of carboxylic acid groups (broad SMARTS) is 1. The molecular weight excluding hydrogens is 216 g/mol. The van der Waals surface area contributed by atoms with E-state index in [1.54, 1.807) is 25.7 Å². The van der Waals surface area contributed by atoms with Gasteiger partial charge in [-0.2, -0.15) is 0 Å². The lowest BCUT2D eigenvalue weighted by Crippen LogP contribution is -2.69. The Kier molecular flexibility index (Phi) is 2.47. The third kappa shape index (κ3) is 1.36. The van der Waals surface area contributed by atoms with Crippen LogP contribution in [0.25, 0.3) is 0 Å². The van der Waals surface area contributed by atoms with E-state index in [0.29, 0.717) is 5.75 Å². The number of amides is 1. The minimum Gasteiger partial charge on any atom is -0.477 e. The molecule has 1 fully saturated rings. The summed E-state index contributed by atoms with van der Waals surface area (Å²) in [5.41, 5.74) is 0.918. The number of rotatable bonds is 2. The molecule has 2 rings (SSSR count). The van der Waals surface area contributed by atoms with Crippen LogP contribution >= 0.6 is 11.8 Å². The maximum atomic E-state index is 11.6. The minimum absolute atomic E-state index is 0.0581. The van der Waals surface area contributed by atoms with Gasteiger partial charge < -0.3 is 10.4 Å². The zero-order valence-electron chi connectivity index (χ0n) is 8.48. The maximum Gasteiger partial charge on any atom is 0.352 e. The van der Waals surface area contributed by atoms with Crippen LogP contribution in [0.15, 0.2) is 11.3 Å². The highest BCUT2D eigenvalue weighted by atomic mass is 32.2. The Labute approximate surface area is 91.5 Å². The number of hydrogen-bond donors (Lipinski definition) is 2. The smallest absolute Gasteiger partial charge is 0.352 e. The van der Waals surface area contributed by atoms with Crippen molar-refractivity contribution in [2.75, 3.05) is 12.8 Å². The van der Waals surface area contributed by atoms with E-state index in [-0.39, 0.29) is 23.0 Å². The first-order chi connectivity index (χ1) is 7.07. The summed E-state index contributed by atoms with van der Waals surface area (Å²) in [6.07, 6.45) is 0. The third-order valence-corrected chi connectivity index (χ3v) is 4.10. The number of carboxylic acids is 1. The number of fused-ring (bicyclic) bond motifs is 1. The van der Waals surface area contributed by atoms with Crippen LogP contribution in [0.1, 0.15) is 6.92 Å². The van der Waals surface area contributed by atoms with Gasteiger partial charge in [-0.25, -0.2) is 4.79 Å². The Balaban J connectivity index is 2.32. The molecule has 1 saturated heterocycles. The van der Waals surface area contributed by atoms with Crippen LogP contribution in [0.5, 0.6) is 0 Å². The molecule has 0 radical (unpaired) electrons. The number of likely N-dealkylation sites (N-methyl/N-ethyl adjacent to an activating group) is 1. The topological polar surface area (TPSA) is 69.6 Å². The van der Waals surface area contributed by atoms with Crippen molar-refractivity contribution in [1.29, 1.82) is 0 Å². The molecule has 0 bridgehead atoms. The molecule has 6 heteroatoms. The molecule has 0 unspecified atom stereocenters. The predicted molar refractivity (Wildman–Crippen MR) is 56.3 cm³/mol. The van der Waals surface area contributed by atoms with Gasteiger partial charge in [-0.05, 0) is 19.5 Å². The Hall–Kier alpha value is -1.01. The van der Waals surface area contributed by atoms with Crippen LogP contribution < -0.4 is 5.32 Å². The van der Waals surface area contributed by atoms with Crippen LogP contribution in [0.2, 0.25) is 0 Å². The van der Waals surface area contributed by atoms with Crippen LogP contribution in [-0.4, -0.2) is 46.1 Å². The Morgan fingerprint density at radius 2 is 2.33 bits per heavy atom. The lowest BCUT2D eigenvalue weighted by Gasteiger charge is -2.49. The number of β-lactam (4-membered cyclic amide) rings is 1. The molecule has 5 nitrogen and oxygen atoms in total. The average molecular weight is 228 g/mol. The average Bonchev–Trinajstić information content (AvgIpc) is 2.18. The highest BCUT2D eigenvalue weighted by Gasteiger charge is 2.52. The van der Waals surface area contributed by atoms with Crippen LogP contribution in [0.3, 0.4) is 0 Å². The van der Waals surface area contributed by atoms with Gasteiger partial charge >= 0.3 is 5.97 Å². The number of aliphatic carboxylic acids is 1. The van der Waals surface area contributed by atoms with Gasteiger partial charge in [0.2, 0.25) is 5.91 Å². The maximum absolute atomic E-state index is 11.6. The van der Waals surface area contributed by atoms with Crippen molar-refractivity contribution in [2.24, 2.45) is 0 Å². The second-order valence-electron chi connectivity index (χ2n) is 3.61. The lowest BCUT2D eigenvalue weighted by molar-refractivity contribution is -0.149. The summed E-state index contributed by atoms with van der Waals surface area (Å²) < 4.78 is 0. The molecule has 0 aliphatic carbocycles. The first kappa shape index (κ1) is 10.5. The molecule has 82 valence electrons. The normalized spacial score (nSPS) is 30.0. The highest BCUT2D eigenvalue weighted by Crippen LogP contribution is 2.39. The van der Waals surface area contributed by atoms with Crippen LogP contribution in [0, 0.1) is 0 Å². The van der Waals surface area contributed by atoms with Gasteiger partial charge in [-0.1, -0.05) is 0 Å². The summed E-state index contributed by atoms with van der Waals surface area (Å²) in [6, 6.07) is -0.238. The van der Waals surface area contributed by atoms with E-state index in [9.17, 15) is 9.59 Å². The fourth-order valence-corrected chi connectivity index (χ4v) is 3.27. The molecule has 15 heavy (non-hydrogen) atoms. The van der Waals surface area contributed by atoms with Gasteiger partial charge in [-0.15, -0.1) is 11.8 Å². The number of hydrogen-bond acceptors (Lipinski definition) is 4. The van der Waals surface area contributed by atoms with Crippen LogP contribution in [-0.2, 0) is 9.59 Å². The first-order valence-corrected chi connectivity index (χ1v) is 5.67. The molecule has 0 aromatic heterocycles. The summed E-state index contributed by atoms with van der Waals surface area (Å²) in [5.74, 6) is -0.485. The second kappa shape index (κ2) is 3.53. The van der Waals surface area contributed by atoms with Crippen molar-refractivity contribution in [1.82, 2.24) is 10.2 Å². The fourth-order valence-electron chi connectivity index (χ4n) is 1.91. The van der Waals surface area contributed by atoms with Crippen molar-refractivity contribution in [3.05, 3.63) is 11.3 Å². The molecule has 2 aliphatic rings. The number of thioether (sulfide) groups is 1. The highest BCUT2D eigenvalue weighted by molar-refractivity contribution is 8.00. The minimum atomic E-state index is -1.01. The van der Waals surface area contributed by atoms with Crippen molar-refractivity contribution in [3.63, 3.8) is 0 Å². The van der Waals surface area contributed by atoms with Crippen LogP contribution in [0.4, 0.5) is 0 Å². The molecule has 0 spiro atoms. The Bertz CT molecular complexity index is 366. The molecule has 1 amide bonds. The number of nitrogens with one attached hydrogen (secondary N) is 1. The van der Waals surface area contributed by atoms with Gasteiger partial charge in [0.05, 0.1) is 0 Å². The summed E-state index contributed by atoms with van der Waals surface area (Å²) in [4.78, 5) is 24.0. The van der Waals surface area contributed by atoms with E-state index in [1.807, 2.05) is 0 Å². The lowest BCUT2D eigenvalue weighted by atomic mass is 10.0. The molecular formula is C9H12N2O3S. The Morgan fingerprint density at radius 1 is 1.67 bits per heavy atom. The largest absolute Gasteiger partial charge is 0.477 e. The van der Waals surface area contributed by atoms with Crippen molar-refractivity contribution < 1.29 is 14.7 Å². The second-order valence-corrected chi connectivity index (χ2v) is 4.72. The summed E-state index contributed by atoms with van der Waals surface area (Å²) in [5, 5.41) is 11.9. The van der Waals surface area contributed by atoms with E-state index in [0.717, 1.165) is 5.57 Å². The zero-order chi connectivity index (χ0) is 11.2. The Morgan fingerprint density at radius 3 is 2.87 bits per heavy atom.